The van der Waals surface area contributed by atoms with E-state index in [1.165, 1.54) is 16.6 Å². The number of rotatable bonds is 4. The van der Waals surface area contributed by atoms with Gasteiger partial charge in [-0.2, -0.15) is 4.31 Å². The number of aromatic carboxylic acids is 1. The van der Waals surface area contributed by atoms with Crippen molar-refractivity contribution < 1.29 is 22.8 Å². The molecule has 1 aliphatic rings. The van der Waals surface area contributed by atoms with Gasteiger partial charge in [-0.15, -0.1) is 0 Å². The van der Waals surface area contributed by atoms with Gasteiger partial charge in [0.15, 0.2) is 5.76 Å². The molecule has 0 aliphatic carbocycles. The van der Waals surface area contributed by atoms with Crippen LogP contribution in [0.2, 0.25) is 0 Å². The molecule has 0 bridgehead atoms. The number of nitrogens with zero attached hydrogens (tertiary/aromatic N) is 4. The highest BCUT2D eigenvalue weighted by Crippen LogP contribution is 2.26. The maximum Gasteiger partial charge on any atom is 0.339 e. The van der Waals surface area contributed by atoms with Gasteiger partial charge in [0.1, 0.15) is 22.0 Å². The van der Waals surface area contributed by atoms with Crippen LogP contribution in [0.25, 0.3) is 0 Å². The Morgan fingerprint density at radius 2 is 1.92 bits per heavy atom. The molecule has 0 radical (unpaired) electrons. The summed E-state index contributed by atoms with van der Waals surface area (Å²) in [5.41, 5.74) is 0.433. The highest BCUT2D eigenvalue weighted by molar-refractivity contribution is 7.89. The minimum atomic E-state index is -3.70. The van der Waals surface area contributed by atoms with Gasteiger partial charge in [0.25, 0.3) is 0 Å². The second kappa shape index (κ2) is 6.45. The molecular weight excluding hydrogens is 348 g/mol. The first-order valence-electron chi connectivity index (χ1n) is 7.68. The number of carboxylic acids is 1. The van der Waals surface area contributed by atoms with Crippen LogP contribution in [0.4, 0.5) is 5.82 Å². The lowest BCUT2D eigenvalue weighted by Crippen LogP contribution is -2.49. The van der Waals surface area contributed by atoms with E-state index in [1.54, 1.807) is 24.8 Å². The standard InChI is InChI=1S/C15H18N4O5S/c1-10-13(11(2)24-17-10)25(22,23)19-8-6-18(7-9-19)14-12(15(20)21)4-3-5-16-14/h3-5H,6-9H2,1-2H3,(H,20,21). The van der Waals surface area contributed by atoms with Crippen molar-refractivity contribution in [3.05, 3.63) is 35.3 Å². The molecule has 1 N–H and O–H groups in total. The van der Waals surface area contributed by atoms with Crippen molar-refractivity contribution in [2.75, 3.05) is 31.1 Å². The molecule has 0 saturated carbocycles. The minimum Gasteiger partial charge on any atom is -0.478 e. The number of carbonyl (C=O) groups is 1. The van der Waals surface area contributed by atoms with E-state index in [0.717, 1.165) is 0 Å². The summed E-state index contributed by atoms with van der Waals surface area (Å²) in [6, 6.07) is 3.04. The van der Waals surface area contributed by atoms with Crippen molar-refractivity contribution in [2.45, 2.75) is 18.7 Å². The molecule has 2 aromatic heterocycles. The van der Waals surface area contributed by atoms with Gasteiger partial charge in [0.05, 0.1) is 0 Å². The number of aryl methyl sites for hydroxylation is 2. The van der Waals surface area contributed by atoms with Crippen molar-refractivity contribution in [3.63, 3.8) is 0 Å². The van der Waals surface area contributed by atoms with E-state index in [1.807, 2.05) is 0 Å². The second-order valence-electron chi connectivity index (χ2n) is 5.72. The SMILES string of the molecule is Cc1noc(C)c1S(=O)(=O)N1CCN(c2ncccc2C(=O)O)CC1. The first kappa shape index (κ1) is 17.4. The summed E-state index contributed by atoms with van der Waals surface area (Å²) in [6.45, 7) is 4.30. The molecule has 0 atom stereocenters. The number of carboxylic acid groups (broad SMARTS) is 1. The van der Waals surface area contributed by atoms with Crippen LogP contribution in [0.15, 0.2) is 27.7 Å². The van der Waals surface area contributed by atoms with Gasteiger partial charge in [-0.1, -0.05) is 5.16 Å². The zero-order chi connectivity index (χ0) is 18.2. The minimum absolute atomic E-state index is 0.101. The average Bonchev–Trinajstić information content (AvgIpc) is 2.94. The van der Waals surface area contributed by atoms with Crippen molar-refractivity contribution in [1.29, 1.82) is 0 Å². The fourth-order valence-electron chi connectivity index (χ4n) is 2.93. The molecule has 1 aliphatic heterocycles. The summed E-state index contributed by atoms with van der Waals surface area (Å²) in [5, 5.41) is 13.0. The maximum atomic E-state index is 12.8. The predicted octanol–water partition coefficient (Wildman–Crippen LogP) is 0.896. The van der Waals surface area contributed by atoms with Gasteiger partial charge in [-0.25, -0.2) is 18.2 Å². The summed E-state index contributed by atoms with van der Waals surface area (Å²) in [6.07, 6.45) is 1.52. The van der Waals surface area contributed by atoms with Crippen LogP contribution in [-0.2, 0) is 10.0 Å². The Balaban J connectivity index is 1.80. The highest BCUT2D eigenvalue weighted by atomic mass is 32.2. The van der Waals surface area contributed by atoms with Crippen LogP contribution >= 0.6 is 0 Å². The average molecular weight is 366 g/mol. The molecule has 0 aromatic carbocycles. The number of sulfonamides is 1. The Hall–Kier alpha value is -2.46. The Bertz CT molecular complexity index is 881. The number of pyridine rings is 1. The van der Waals surface area contributed by atoms with Gasteiger partial charge >= 0.3 is 5.97 Å². The lowest BCUT2D eigenvalue weighted by molar-refractivity contribution is 0.0697. The Kier molecular flexibility index (Phi) is 4.48. The lowest BCUT2D eigenvalue weighted by Gasteiger charge is -2.35. The van der Waals surface area contributed by atoms with Gasteiger partial charge in [0.2, 0.25) is 10.0 Å². The Morgan fingerprint density at radius 1 is 1.24 bits per heavy atom. The normalized spacial score (nSPS) is 16.2. The lowest BCUT2D eigenvalue weighted by atomic mass is 10.2. The van der Waals surface area contributed by atoms with E-state index >= 15 is 0 Å². The summed E-state index contributed by atoms with van der Waals surface area (Å²) < 4.78 is 31.9. The van der Waals surface area contributed by atoms with E-state index in [2.05, 4.69) is 10.1 Å². The predicted molar refractivity (Wildman–Crippen MR) is 88.1 cm³/mol. The van der Waals surface area contributed by atoms with Crippen molar-refractivity contribution in [3.8, 4) is 0 Å². The van der Waals surface area contributed by atoms with Gasteiger partial charge in [-0.3, -0.25) is 0 Å². The van der Waals surface area contributed by atoms with Crippen LogP contribution < -0.4 is 4.90 Å². The van der Waals surface area contributed by atoms with Crippen LogP contribution in [0, 0.1) is 13.8 Å². The summed E-state index contributed by atoms with van der Waals surface area (Å²) in [5.74, 6) is -0.448. The zero-order valence-electron chi connectivity index (χ0n) is 13.8. The molecule has 134 valence electrons. The quantitative estimate of drug-likeness (QED) is 0.848. The van der Waals surface area contributed by atoms with E-state index in [9.17, 15) is 18.3 Å². The van der Waals surface area contributed by atoms with E-state index in [-0.39, 0.29) is 29.3 Å². The van der Waals surface area contributed by atoms with Gasteiger partial charge in [-0.05, 0) is 26.0 Å². The molecule has 0 unspecified atom stereocenters. The fourth-order valence-corrected chi connectivity index (χ4v) is 4.64. The number of hydrogen-bond donors (Lipinski definition) is 1. The summed E-state index contributed by atoms with van der Waals surface area (Å²) in [7, 11) is -3.70. The molecule has 1 saturated heterocycles. The van der Waals surface area contributed by atoms with Crippen LogP contribution in [0.3, 0.4) is 0 Å². The van der Waals surface area contributed by atoms with Crippen molar-refractivity contribution in [1.82, 2.24) is 14.4 Å². The third-order valence-corrected chi connectivity index (χ3v) is 6.26. The van der Waals surface area contributed by atoms with E-state index < -0.39 is 16.0 Å². The van der Waals surface area contributed by atoms with Gasteiger partial charge in [0, 0.05) is 32.4 Å². The summed E-state index contributed by atoms with van der Waals surface area (Å²) in [4.78, 5) is 17.4. The molecule has 25 heavy (non-hydrogen) atoms. The molecule has 3 heterocycles. The van der Waals surface area contributed by atoms with Crippen molar-refractivity contribution in [2.24, 2.45) is 0 Å². The zero-order valence-corrected chi connectivity index (χ0v) is 14.7. The summed E-state index contributed by atoms with van der Waals surface area (Å²) >= 11 is 0. The number of hydrogen-bond acceptors (Lipinski definition) is 7. The fraction of sp³-hybridized carbons (Fsp3) is 0.400. The molecule has 10 heteroatoms. The van der Waals surface area contributed by atoms with E-state index in [0.29, 0.717) is 24.6 Å². The van der Waals surface area contributed by atoms with E-state index in [4.69, 9.17) is 4.52 Å². The molecule has 3 rings (SSSR count). The Morgan fingerprint density at radius 3 is 2.48 bits per heavy atom. The smallest absolute Gasteiger partial charge is 0.339 e. The molecule has 0 spiro atoms. The topological polar surface area (TPSA) is 117 Å². The molecule has 2 aromatic rings. The maximum absolute atomic E-state index is 12.8. The number of aromatic nitrogens is 2. The molecule has 1 fully saturated rings. The first-order chi connectivity index (χ1) is 11.8. The molecule has 0 amide bonds. The molecular formula is C15H18N4O5S. The third kappa shape index (κ3) is 3.10. The van der Waals surface area contributed by atoms with Crippen LogP contribution in [0.1, 0.15) is 21.8 Å². The highest BCUT2D eigenvalue weighted by Gasteiger charge is 2.34. The molecule has 9 nitrogen and oxygen atoms in total. The second-order valence-corrected chi connectivity index (χ2v) is 7.60. The van der Waals surface area contributed by atoms with Crippen LogP contribution in [0.5, 0.6) is 0 Å². The first-order valence-corrected chi connectivity index (χ1v) is 9.12. The largest absolute Gasteiger partial charge is 0.478 e. The Labute approximate surface area is 144 Å². The monoisotopic (exact) mass is 366 g/mol. The third-order valence-electron chi connectivity index (χ3n) is 4.12. The number of anilines is 1. The van der Waals surface area contributed by atoms with Crippen LogP contribution in [-0.4, -0.2) is 60.1 Å². The number of piperazine rings is 1. The van der Waals surface area contributed by atoms with Crippen molar-refractivity contribution >= 4 is 21.8 Å². The van der Waals surface area contributed by atoms with Gasteiger partial charge < -0.3 is 14.5 Å².